The number of H-pyrrole nitrogens is 1. The number of nitrogens with one attached hydrogen (secondary N) is 2. The molecular weight excluding hydrogens is 308 g/mol. The maximum Gasteiger partial charge on any atom is 0.323 e. The number of aromatic nitrogens is 3. The number of carbonyl (C=O) groups is 2. The Morgan fingerprint density at radius 1 is 0.917 bits per heavy atom. The zero-order valence-electron chi connectivity index (χ0n) is 13.9. The molecule has 3 aliphatic rings. The minimum absolute atomic E-state index is 0.163. The molecule has 0 aromatic carbocycles. The van der Waals surface area contributed by atoms with Crippen LogP contribution in [0.15, 0.2) is 0 Å². The summed E-state index contributed by atoms with van der Waals surface area (Å²) in [5, 5.41) is 13.1. The minimum atomic E-state index is -0.187. The molecule has 1 aromatic heterocycles. The van der Waals surface area contributed by atoms with Crippen molar-refractivity contribution in [2.45, 2.75) is 44.9 Å². The lowest BCUT2D eigenvalue weighted by Gasteiger charge is -2.47. The van der Waals surface area contributed by atoms with E-state index in [1.54, 1.807) is 4.90 Å². The van der Waals surface area contributed by atoms with Gasteiger partial charge in [-0.1, -0.05) is 6.42 Å². The molecule has 3 heterocycles. The van der Waals surface area contributed by atoms with Gasteiger partial charge in [0, 0.05) is 26.2 Å². The summed E-state index contributed by atoms with van der Waals surface area (Å²) in [6, 6.07) is -0.187. The Morgan fingerprint density at radius 2 is 1.62 bits per heavy atom. The number of urea groups is 1. The van der Waals surface area contributed by atoms with Gasteiger partial charge in [0.15, 0.2) is 11.5 Å². The second-order valence-corrected chi connectivity index (χ2v) is 7.29. The largest absolute Gasteiger partial charge is 0.337 e. The first-order chi connectivity index (χ1) is 11.7. The standard InChI is InChI=1S/C16H24N6O2/c23-14(21-8-1-2-9-21)12-13(19-20-18-12)17-15(24)22-10-6-16(7-11-22)4-3-5-16/h1-11H2,(H2,17,18,19,20,24). The molecule has 0 atom stereocenters. The van der Waals surface area contributed by atoms with E-state index in [0.717, 1.165) is 51.9 Å². The Hall–Kier alpha value is -2.12. The number of hydrogen-bond donors (Lipinski definition) is 2. The molecule has 8 heteroatoms. The van der Waals surface area contributed by atoms with Gasteiger partial charge >= 0.3 is 6.03 Å². The van der Waals surface area contributed by atoms with Crippen molar-refractivity contribution in [2.24, 2.45) is 5.41 Å². The van der Waals surface area contributed by atoms with E-state index in [9.17, 15) is 9.59 Å². The number of rotatable bonds is 2. The fourth-order valence-electron chi connectivity index (χ4n) is 4.08. The summed E-state index contributed by atoms with van der Waals surface area (Å²) in [6.45, 7) is 3.04. The molecular formula is C16H24N6O2. The summed E-state index contributed by atoms with van der Waals surface area (Å²) in [7, 11) is 0. The van der Waals surface area contributed by atoms with Crippen LogP contribution in [0.1, 0.15) is 55.4 Å². The van der Waals surface area contributed by atoms with Crippen molar-refractivity contribution in [3.8, 4) is 0 Å². The quantitative estimate of drug-likeness (QED) is 0.864. The van der Waals surface area contributed by atoms with Crippen LogP contribution < -0.4 is 5.32 Å². The van der Waals surface area contributed by atoms with E-state index in [-0.39, 0.29) is 23.5 Å². The number of nitrogens with zero attached hydrogens (tertiary/aromatic N) is 4. The van der Waals surface area contributed by atoms with E-state index in [4.69, 9.17) is 0 Å². The number of anilines is 1. The summed E-state index contributed by atoms with van der Waals surface area (Å²) >= 11 is 0. The zero-order chi connectivity index (χ0) is 16.6. The van der Waals surface area contributed by atoms with Gasteiger partial charge in [0.1, 0.15) is 0 Å². The lowest BCUT2D eigenvalue weighted by Crippen LogP contribution is -2.47. The van der Waals surface area contributed by atoms with Crippen LogP contribution in [-0.2, 0) is 0 Å². The number of piperidine rings is 1. The van der Waals surface area contributed by atoms with Crippen LogP contribution in [0.5, 0.6) is 0 Å². The number of aromatic amines is 1. The van der Waals surface area contributed by atoms with Gasteiger partial charge in [-0.15, -0.1) is 10.2 Å². The molecule has 1 aliphatic carbocycles. The number of amides is 3. The number of carbonyl (C=O) groups excluding carboxylic acids is 2. The van der Waals surface area contributed by atoms with Crippen molar-refractivity contribution in [3.63, 3.8) is 0 Å². The molecule has 1 spiro atoms. The predicted octanol–water partition coefficient (Wildman–Crippen LogP) is 1.84. The van der Waals surface area contributed by atoms with Crippen LogP contribution in [0.3, 0.4) is 0 Å². The van der Waals surface area contributed by atoms with Gasteiger partial charge in [0.05, 0.1) is 0 Å². The highest BCUT2D eigenvalue weighted by molar-refractivity contribution is 6.00. The number of likely N-dealkylation sites (tertiary alicyclic amines) is 2. The van der Waals surface area contributed by atoms with E-state index < -0.39 is 0 Å². The maximum atomic E-state index is 12.5. The lowest BCUT2D eigenvalue weighted by molar-refractivity contribution is 0.0487. The summed E-state index contributed by atoms with van der Waals surface area (Å²) in [5.74, 6) is 0.0736. The molecule has 0 bridgehead atoms. The summed E-state index contributed by atoms with van der Waals surface area (Å²) in [5.41, 5.74) is 0.708. The monoisotopic (exact) mass is 332 g/mol. The van der Waals surface area contributed by atoms with E-state index in [0.29, 0.717) is 5.41 Å². The van der Waals surface area contributed by atoms with E-state index in [1.165, 1.54) is 19.3 Å². The average Bonchev–Trinajstić information content (AvgIpc) is 3.24. The highest BCUT2D eigenvalue weighted by Crippen LogP contribution is 2.48. The molecule has 8 nitrogen and oxygen atoms in total. The molecule has 2 saturated heterocycles. The first-order valence-electron chi connectivity index (χ1n) is 8.93. The van der Waals surface area contributed by atoms with E-state index in [1.807, 2.05) is 4.90 Å². The molecule has 3 amide bonds. The minimum Gasteiger partial charge on any atom is -0.337 e. The fourth-order valence-corrected chi connectivity index (χ4v) is 4.08. The van der Waals surface area contributed by atoms with E-state index in [2.05, 4.69) is 20.7 Å². The van der Waals surface area contributed by atoms with Crippen LogP contribution in [0.25, 0.3) is 0 Å². The first kappa shape index (κ1) is 15.4. The van der Waals surface area contributed by atoms with Crippen LogP contribution in [0, 0.1) is 5.41 Å². The third-order valence-corrected chi connectivity index (χ3v) is 5.89. The molecule has 3 fully saturated rings. The van der Waals surface area contributed by atoms with Crippen molar-refractivity contribution in [1.29, 1.82) is 0 Å². The van der Waals surface area contributed by atoms with Gasteiger partial charge in [-0.2, -0.15) is 5.21 Å². The summed E-state index contributed by atoms with van der Waals surface area (Å²) in [6.07, 6.45) is 8.13. The van der Waals surface area contributed by atoms with Crippen molar-refractivity contribution in [1.82, 2.24) is 25.2 Å². The van der Waals surface area contributed by atoms with E-state index >= 15 is 0 Å². The first-order valence-corrected chi connectivity index (χ1v) is 8.93. The SMILES string of the molecule is O=C(Nc1n[nH]nc1C(=O)N1CCCC1)N1CCC2(CCC2)CC1. The van der Waals surface area contributed by atoms with Crippen LogP contribution >= 0.6 is 0 Å². The van der Waals surface area contributed by atoms with Crippen molar-refractivity contribution >= 4 is 17.8 Å². The third-order valence-electron chi connectivity index (χ3n) is 5.89. The molecule has 1 saturated carbocycles. The topological polar surface area (TPSA) is 94.2 Å². The molecule has 2 N–H and O–H groups in total. The van der Waals surface area contributed by atoms with Crippen LogP contribution in [-0.4, -0.2) is 63.3 Å². The fraction of sp³-hybridized carbons (Fsp3) is 0.750. The average molecular weight is 332 g/mol. The third kappa shape index (κ3) is 2.74. The number of hydrogen-bond acceptors (Lipinski definition) is 4. The highest BCUT2D eigenvalue weighted by Gasteiger charge is 2.40. The van der Waals surface area contributed by atoms with Crippen molar-refractivity contribution in [3.05, 3.63) is 5.69 Å². The zero-order valence-corrected chi connectivity index (χ0v) is 13.9. The van der Waals surface area contributed by atoms with Gasteiger partial charge < -0.3 is 9.80 Å². The van der Waals surface area contributed by atoms with Gasteiger partial charge in [0.25, 0.3) is 5.91 Å². The Morgan fingerprint density at radius 3 is 2.25 bits per heavy atom. The van der Waals surface area contributed by atoms with Crippen molar-refractivity contribution < 1.29 is 9.59 Å². The second-order valence-electron chi connectivity index (χ2n) is 7.29. The predicted molar refractivity (Wildman–Crippen MR) is 87.6 cm³/mol. The molecule has 1 aromatic rings. The van der Waals surface area contributed by atoms with Crippen molar-refractivity contribution in [2.75, 3.05) is 31.5 Å². The Labute approximate surface area is 141 Å². The maximum absolute atomic E-state index is 12.5. The molecule has 24 heavy (non-hydrogen) atoms. The Bertz CT molecular complexity index is 622. The highest BCUT2D eigenvalue weighted by atomic mass is 16.2. The Kier molecular flexibility index (Phi) is 3.90. The summed E-state index contributed by atoms with van der Waals surface area (Å²) < 4.78 is 0. The van der Waals surface area contributed by atoms with Gasteiger partial charge in [-0.05, 0) is 43.9 Å². The second kappa shape index (κ2) is 6.07. The van der Waals surface area contributed by atoms with Gasteiger partial charge in [-0.3, -0.25) is 10.1 Å². The molecule has 4 rings (SSSR count). The molecule has 0 radical (unpaired) electrons. The molecule has 130 valence electrons. The molecule has 2 aliphatic heterocycles. The van der Waals surface area contributed by atoms with Crippen LogP contribution in [0.4, 0.5) is 10.6 Å². The normalized spacial score (nSPS) is 22.5. The van der Waals surface area contributed by atoms with Gasteiger partial charge in [0.2, 0.25) is 0 Å². The smallest absolute Gasteiger partial charge is 0.323 e. The van der Waals surface area contributed by atoms with Crippen LogP contribution in [0.2, 0.25) is 0 Å². The lowest BCUT2D eigenvalue weighted by atomic mass is 9.63. The van der Waals surface area contributed by atoms with Gasteiger partial charge in [-0.25, -0.2) is 4.79 Å². The Balaban J connectivity index is 1.38. The molecule has 0 unspecified atom stereocenters. The summed E-state index contributed by atoms with van der Waals surface area (Å²) in [4.78, 5) is 28.5.